The topological polar surface area (TPSA) is 3.24 Å². The maximum atomic E-state index is 2.65. The Morgan fingerprint density at radius 2 is 1.68 bits per heavy atom. The number of thioether (sulfide) groups is 1. The van der Waals surface area contributed by atoms with Crippen LogP contribution < -0.4 is 0 Å². The minimum absolute atomic E-state index is 1.17. The maximum Gasteiger partial charge on any atom is 0.0184 e. The van der Waals surface area contributed by atoms with E-state index in [1.54, 1.807) is 0 Å². The zero-order valence-corrected chi connectivity index (χ0v) is 12.8. The van der Waals surface area contributed by atoms with Crippen LogP contribution in [0.25, 0.3) is 0 Å². The van der Waals surface area contributed by atoms with Crippen molar-refractivity contribution in [2.45, 2.75) is 44.3 Å². The van der Waals surface area contributed by atoms with Gasteiger partial charge in [0.25, 0.3) is 0 Å². The molecule has 1 aromatic rings. The second kappa shape index (κ2) is 9.44. The van der Waals surface area contributed by atoms with Gasteiger partial charge in [0.1, 0.15) is 0 Å². The van der Waals surface area contributed by atoms with Gasteiger partial charge in [-0.05, 0) is 56.6 Å². The highest BCUT2D eigenvalue weighted by atomic mass is 32.2. The van der Waals surface area contributed by atoms with Crippen molar-refractivity contribution >= 4 is 11.8 Å². The molecule has 0 spiro atoms. The van der Waals surface area contributed by atoms with Crippen LogP contribution in [0.2, 0.25) is 0 Å². The summed E-state index contributed by atoms with van der Waals surface area (Å²) in [6, 6.07) is 10.8. The molecule has 0 bridgehead atoms. The maximum absolute atomic E-state index is 2.65. The van der Waals surface area contributed by atoms with Crippen molar-refractivity contribution in [1.82, 2.24) is 4.90 Å². The second-order valence-electron chi connectivity index (χ2n) is 5.50. The minimum Gasteiger partial charge on any atom is -0.303 e. The predicted octanol–water partition coefficient (Wildman–Crippen LogP) is 4.58. The van der Waals surface area contributed by atoms with Crippen LogP contribution in [0.4, 0.5) is 0 Å². The van der Waals surface area contributed by atoms with Gasteiger partial charge in [0, 0.05) is 5.75 Å². The summed E-state index contributed by atoms with van der Waals surface area (Å²) in [5.74, 6) is 2.49. The van der Waals surface area contributed by atoms with Crippen LogP contribution >= 0.6 is 11.8 Å². The van der Waals surface area contributed by atoms with Crippen molar-refractivity contribution in [3.63, 3.8) is 0 Å². The van der Waals surface area contributed by atoms with Gasteiger partial charge in [0.05, 0.1) is 0 Å². The monoisotopic (exact) mass is 277 g/mol. The highest BCUT2D eigenvalue weighted by Crippen LogP contribution is 2.15. The average molecular weight is 277 g/mol. The van der Waals surface area contributed by atoms with Gasteiger partial charge in [-0.2, -0.15) is 11.8 Å². The second-order valence-corrected chi connectivity index (χ2v) is 6.61. The molecule has 0 N–H and O–H groups in total. The molecular weight excluding hydrogens is 250 g/mol. The number of hydrogen-bond acceptors (Lipinski definition) is 2. The zero-order chi connectivity index (χ0) is 13.2. The van der Waals surface area contributed by atoms with E-state index in [9.17, 15) is 0 Å². The van der Waals surface area contributed by atoms with Crippen molar-refractivity contribution in [2.24, 2.45) is 0 Å². The van der Waals surface area contributed by atoms with E-state index in [0.717, 1.165) is 0 Å². The van der Waals surface area contributed by atoms with E-state index < -0.39 is 0 Å². The third-order valence-corrected chi connectivity index (χ3v) is 4.94. The fourth-order valence-corrected chi connectivity index (χ4v) is 3.64. The lowest BCUT2D eigenvalue weighted by Crippen LogP contribution is -2.30. The summed E-state index contributed by atoms with van der Waals surface area (Å²) >= 11 is 2.08. The molecule has 1 aromatic carbocycles. The summed E-state index contributed by atoms with van der Waals surface area (Å²) in [4.78, 5) is 2.65. The molecule has 2 heteroatoms. The Morgan fingerprint density at radius 1 is 0.895 bits per heavy atom. The molecule has 1 aliphatic heterocycles. The quantitative estimate of drug-likeness (QED) is 0.640. The number of nitrogens with zero attached hydrogens (tertiary/aromatic N) is 1. The Morgan fingerprint density at radius 3 is 2.47 bits per heavy atom. The third kappa shape index (κ3) is 6.49. The zero-order valence-electron chi connectivity index (χ0n) is 12.0. The summed E-state index contributed by atoms with van der Waals surface area (Å²) in [6.07, 6.45) is 8.47. The standard InChI is InChI=1S/C17H27NS/c1-4-10-17(11-5-1)16-19-15-9-3-8-14-18-12-6-2-7-13-18/h1,4-5,10-11H,2-3,6-9,12-16H2. The summed E-state index contributed by atoms with van der Waals surface area (Å²) in [5, 5.41) is 0. The van der Waals surface area contributed by atoms with Gasteiger partial charge in [0.2, 0.25) is 0 Å². The Bertz CT molecular complexity index is 319. The number of hydrogen-bond donors (Lipinski definition) is 0. The van der Waals surface area contributed by atoms with Crippen molar-refractivity contribution in [3.8, 4) is 0 Å². The molecule has 0 atom stereocenters. The van der Waals surface area contributed by atoms with Crippen LogP contribution in [0.1, 0.15) is 44.1 Å². The van der Waals surface area contributed by atoms with E-state index in [1.165, 1.54) is 75.2 Å². The number of unbranched alkanes of at least 4 members (excludes halogenated alkanes) is 2. The first-order valence-corrected chi connectivity index (χ1v) is 8.94. The normalized spacial score (nSPS) is 16.6. The van der Waals surface area contributed by atoms with Crippen LogP contribution in [0.15, 0.2) is 30.3 Å². The molecule has 106 valence electrons. The highest BCUT2D eigenvalue weighted by Gasteiger charge is 2.08. The van der Waals surface area contributed by atoms with Gasteiger partial charge in [-0.3, -0.25) is 0 Å². The highest BCUT2D eigenvalue weighted by molar-refractivity contribution is 7.98. The molecule has 0 saturated carbocycles. The van der Waals surface area contributed by atoms with Gasteiger partial charge in [0.15, 0.2) is 0 Å². The fraction of sp³-hybridized carbons (Fsp3) is 0.647. The molecule has 1 heterocycles. The molecule has 1 fully saturated rings. The summed E-state index contributed by atoms with van der Waals surface area (Å²) in [7, 11) is 0. The predicted molar refractivity (Wildman–Crippen MR) is 86.7 cm³/mol. The molecule has 1 aliphatic rings. The van der Waals surface area contributed by atoms with Crippen molar-refractivity contribution in [3.05, 3.63) is 35.9 Å². The molecule has 19 heavy (non-hydrogen) atoms. The minimum atomic E-state index is 1.17. The molecule has 1 nitrogen and oxygen atoms in total. The van der Waals surface area contributed by atoms with Crippen molar-refractivity contribution in [1.29, 1.82) is 0 Å². The first kappa shape index (κ1) is 14.9. The van der Waals surface area contributed by atoms with Crippen molar-refractivity contribution in [2.75, 3.05) is 25.4 Å². The number of likely N-dealkylation sites (tertiary alicyclic amines) is 1. The molecule has 1 saturated heterocycles. The largest absolute Gasteiger partial charge is 0.303 e. The average Bonchev–Trinajstić information content (AvgIpc) is 2.48. The Balaban J connectivity index is 1.42. The van der Waals surface area contributed by atoms with Crippen LogP contribution in [-0.4, -0.2) is 30.3 Å². The van der Waals surface area contributed by atoms with Crippen LogP contribution in [0, 0.1) is 0 Å². The lowest BCUT2D eigenvalue weighted by molar-refractivity contribution is 0.224. The Kier molecular flexibility index (Phi) is 7.41. The number of rotatable bonds is 8. The summed E-state index contributed by atoms with van der Waals surface area (Å²) in [5.41, 5.74) is 1.46. The molecule has 0 aromatic heterocycles. The van der Waals surface area contributed by atoms with Crippen LogP contribution in [0.5, 0.6) is 0 Å². The molecular formula is C17H27NS. The first-order chi connectivity index (χ1) is 9.45. The summed E-state index contributed by atoms with van der Waals surface area (Å²) in [6.45, 7) is 4.04. The van der Waals surface area contributed by atoms with Crippen LogP contribution in [-0.2, 0) is 5.75 Å². The van der Waals surface area contributed by atoms with E-state index in [0.29, 0.717) is 0 Å². The Hall–Kier alpha value is -0.470. The van der Waals surface area contributed by atoms with E-state index in [2.05, 4.69) is 47.0 Å². The summed E-state index contributed by atoms with van der Waals surface area (Å²) < 4.78 is 0. The van der Waals surface area contributed by atoms with Gasteiger partial charge in [-0.15, -0.1) is 0 Å². The molecule has 0 radical (unpaired) electrons. The van der Waals surface area contributed by atoms with Gasteiger partial charge in [-0.25, -0.2) is 0 Å². The van der Waals surface area contributed by atoms with Crippen LogP contribution in [0.3, 0.4) is 0 Å². The molecule has 0 aliphatic carbocycles. The fourth-order valence-electron chi connectivity index (χ4n) is 2.66. The molecule has 0 unspecified atom stereocenters. The van der Waals surface area contributed by atoms with Gasteiger partial charge < -0.3 is 4.90 Å². The smallest absolute Gasteiger partial charge is 0.0184 e. The third-order valence-electron chi connectivity index (χ3n) is 3.82. The molecule has 0 amide bonds. The number of benzene rings is 1. The van der Waals surface area contributed by atoms with Gasteiger partial charge in [-0.1, -0.05) is 43.2 Å². The van der Waals surface area contributed by atoms with E-state index in [4.69, 9.17) is 0 Å². The number of piperidine rings is 1. The molecule has 2 rings (SSSR count). The van der Waals surface area contributed by atoms with E-state index in [1.807, 2.05) is 0 Å². The Labute approximate surface area is 122 Å². The lowest BCUT2D eigenvalue weighted by Gasteiger charge is -2.26. The first-order valence-electron chi connectivity index (χ1n) is 7.79. The van der Waals surface area contributed by atoms with Crippen molar-refractivity contribution < 1.29 is 0 Å². The lowest BCUT2D eigenvalue weighted by atomic mass is 10.1. The van der Waals surface area contributed by atoms with Gasteiger partial charge >= 0.3 is 0 Å². The van der Waals surface area contributed by atoms with E-state index >= 15 is 0 Å². The SMILES string of the molecule is c1ccc(CSCCCCCN2CCCCC2)cc1. The van der Waals surface area contributed by atoms with E-state index in [-0.39, 0.29) is 0 Å².